The van der Waals surface area contributed by atoms with Crippen molar-refractivity contribution >= 4 is 8.32 Å². The smallest absolute Gasteiger partial charge is 0.187 e. The number of hydrogen-bond donors (Lipinski definition) is 0. The van der Waals surface area contributed by atoms with Crippen LogP contribution in [0.5, 0.6) is 0 Å². The van der Waals surface area contributed by atoms with E-state index in [1.807, 2.05) is 0 Å². The van der Waals surface area contributed by atoms with E-state index in [4.69, 9.17) is 23.7 Å². The quantitative estimate of drug-likeness (QED) is 0.0863. The Balaban J connectivity index is 2.38. The molecule has 0 aromatic heterocycles. The van der Waals surface area contributed by atoms with Crippen LogP contribution in [0, 0.1) is 37.0 Å². The van der Waals surface area contributed by atoms with E-state index in [1.165, 1.54) is 81.4 Å². The van der Waals surface area contributed by atoms with Crippen LogP contribution in [0.4, 0.5) is 0 Å². The maximum atomic E-state index is 6.41. The molecule has 1 aromatic rings. The molecule has 186 valence electrons. The average molecular weight is 479 g/mol. The molecule has 0 unspecified atom stereocenters. The summed E-state index contributed by atoms with van der Waals surface area (Å²) in [6.45, 7) is 10.0. The first-order valence-corrected chi connectivity index (χ1v) is 16.4. The maximum absolute atomic E-state index is 6.41. The molecule has 0 aliphatic heterocycles. The summed E-state index contributed by atoms with van der Waals surface area (Å²) >= 11 is 0. The maximum Gasteiger partial charge on any atom is 0.187 e. The summed E-state index contributed by atoms with van der Waals surface area (Å²) in [7, 11) is -1.63. The van der Waals surface area contributed by atoms with Gasteiger partial charge in [-0.3, -0.25) is 4.48 Å². The van der Waals surface area contributed by atoms with Crippen LogP contribution in [0.15, 0.2) is 24.3 Å². The van der Waals surface area contributed by atoms with E-state index in [-0.39, 0.29) is 0 Å². The monoisotopic (exact) mass is 478 g/mol. The fourth-order valence-corrected chi connectivity index (χ4v) is 6.24. The molecule has 0 saturated carbocycles. The van der Waals surface area contributed by atoms with Crippen molar-refractivity contribution < 1.29 is 8.91 Å². The van der Waals surface area contributed by atoms with Crippen LogP contribution in [-0.4, -0.2) is 32.4 Å². The Morgan fingerprint density at radius 1 is 0.706 bits per heavy atom. The summed E-state index contributed by atoms with van der Waals surface area (Å²) in [5.41, 5.74) is 2.42. The van der Waals surface area contributed by atoms with Gasteiger partial charge in [-0.05, 0) is 42.5 Å². The molecule has 0 amide bonds. The summed E-state index contributed by atoms with van der Waals surface area (Å²) < 4.78 is 6.95. The largest absolute Gasteiger partial charge is 0.413 e. The van der Waals surface area contributed by atoms with E-state index in [0.29, 0.717) is 30.7 Å². The van der Waals surface area contributed by atoms with Gasteiger partial charge in [-0.1, -0.05) is 95.4 Å². The van der Waals surface area contributed by atoms with Gasteiger partial charge in [0.25, 0.3) is 0 Å². The third-order valence-corrected chi connectivity index (χ3v) is 9.07. The lowest BCUT2D eigenvalue weighted by Crippen LogP contribution is -2.48. The van der Waals surface area contributed by atoms with E-state index in [9.17, 15) is 0 Å². The Morgan fingerprint density at radius 3 is 1.62 bits per heavy atom. The summed E-state index contributed by atoms with van der Waals surface area (Å²) in [5.74, 6) is 8.26. The van der Waals surface area contributed by atoms with Gasteiger partial charge in [0.1, 0.15) is 26.2 Å². The molecule has 34 heavy (non-hydrogen) atoms. The third-order valence-electron chi connectivity index (χ3n) is 6.58. The molecule has 0 radical (unpaired) electrons. The van der Waals surface area contributed by atoms with Crippen LogP contribution in [0.1, 0.15) is 82.3 Å². The van der Waals surface area contributed by atoms with Crippen LogP contribution in [0.25, 0.3) is 0 Å². The highest BCUT2D eigenvalue weighted by molar-refractivity contribution is 6.71. The van der Waals surface area contributed by atoms with E-state index >= 15 is 0 Å². The Morgan fingerprint density at radius 2 is 1.15 bits per heavy atom. The van der Waals surface area contributed by atoms with Crippen LogP contribution < -0.4 is 0 Å². The molecule has 3 heteroatoms. The first kappa shape index (κ1) is 30.1. The zero-order chi connectivity index (χ0) is 25.1. The van der Waals surface area contributed by atoms with Crippen molar-refractivity contribution in [3.8, 4) is 37.0 Å². The van der Waals surface area contributed by atoms with E-state index < -0.39 is 8.32 Å². The molecule has 0 fully saturated rings. The van der Waals surface area contributed by atoms with Gasteiger partial charge in [-0.15, -0.1) is 19.3 Å². The molecule has 2 nitrogen and oxygen atoms in total. The van der Waals surface area contributed by atoms with E-state index in [0.717, 1.165) is 6.54 Å². The van der Waals surface area contributed by atoms with Gasteiger partial charge in [-0.25, -0.2) is 0 Å². The van der Waals surface area contributed by atoms with Gasteiger partial charge in [0.2, 0.25) is 0 Å². The van der Waals surface area contributed by atoms with Crippen molar-refractivity contribution in [2.75, 3.05) is 19.6 Å². The minimum absolute atomic E-state index is 0.540. The standard InChI is InChI=1S/C31H48NOSi/c1-7-11-12-13-14-15-16-17-18-19-27-34(5,6)33-29-31-22-20-30(21-23-31)28-32(24-8-2,25-9-3)26-10-4/h2-4,20-23H,7,11-19,24-29H2,1,5-6H3/q+1. The van der Waals surface area contributed by atoms with Crippen LogP contribution in [0.3, 0.4) is 0 Å². The Bertz CT molecular complexity index is 750. The minimum atomic E-state index is -1.63. The molecule has 0 saturated heterocycles. The topological polar surface area (TPSA) is 9.23 Å². The first-order chi connectivity index (χ1) is 16.4. The summed E-state index contributed by atoms with van der Waals surface area (Å²) in [6.07, 6.45) is 30.6. The van der Waals surface area contributed by atoms with Crippen molar-refractivity contribution in [2.45, 2.75) is 103 Å². The highest BCUT2D eigenvalue weighted by Gasteiger charge is 2.25. The van der Waals surface area contributed by atoms with Crippen LogP contribution in [0.2, 0.25) is 19.1 Å². The molecular formula is C31H48NOSi+. The molecule has 0 heterocycles. The Hall–Kier alpha value is -1.96. The second-order valence-corrected chi connectivity index (χ2v) is 14.7. The van der Waals surface area contributed by atoms with Gasteiger partial charge in [0.15, 0.2) is 8.32 Å². The summed E-state index contributed by atoms with van der Waals surface area (Å²) in [5, 5.41) is 0. The molecule has 0 bridgehead atoms. The molecule has 0 N–H and O–H groups in total. The molecule has 0 spiro atoms. The van der Waals surface area contributed by atoms with Gasteiger partial charge in [0.05, 0.1) is 6.61 Å². The third kappa shape index (κ3) is 13.1. The fraction of sp³-hybridized carbons (Fsp3) is 0.613. The number of hydrogen-bond acceptors (Lipinski definition) is 1. The molecule has 0 aliphatic carbocycles. The molecular weight excluding hydrogens is 430 g/mol. The minimum Gasteiger partial charge on any atom is -0.413 e. The number of rotatable bonds is 19. The zero-order valence-electron chi connectivity index (χ0n) is 22.2. The van der Waals surface area contributed by atoms with E-state index in [1.54, 1.807) is 0 Å². The van der Waals surface area contributed by atoms with Gasteiger partial charge in [0, 0.05) is 5.56 Å². The second-order valence-electron chi connectivity index (χ2n) is 10.4. The number of quaternary nitrogens is 1. The predicted molar refractivity (Wildman–Crippen MR) is 150 cm³/mol. The number of nitrogens with zero attached hydrogens (tertiary/aromatic N) is 1. The van der Waals surface area contributed by atoms with Crippen molar-refractivity contribution in [2.24, 2.45) is 0 Å². The van der Waals surface area contributed by atoms with Crippen molar-refractivity contribution in [1.82, 2.24) is 0 Å². The molecule has 1 aromatic carbocycles. The van der Waals surface area contributed by atoms with Crippen molar-refractivity contribution in [1.29, 1.82) is 0 Å². The highest BCUT2D eigenvalue weighted by atomic mass is 28.4. The van der Waals surface area contributed by atoms with Gasteiger partial charge in [-0.2, -0.15) is 0 Å². The molecule has 0 atom stereocenters. The van der Waals surface area contributed by atoms with Crippen LogP contribution in [-0.2, 0) is 17.6 Å². The summed E-state index contributed by atoms with van der Waals surface area (Å²) in [6, 6.07) is 9.89. The van der Waals surface area contributed by atoms with Crippen LogP contribution >= 0.6 is 0 Å². The van der Waals surface area contributed by atoms with Gasteiger partial charge >= 0.3 is 0 Å². The Labute approximate surface area is 212 Å². The van der Waals surface area contributed by atoms with Crippen molar-refractivity contribution in [3.63, 3.8) is 0 Å². The van der Waals surface area contributed by atoms with Gasteiger partial charge < -0.3 is 4.43 Å². The lowest BCUT2D eigenvalue weighted by Gasteiger charge is -2.33. The lowest BCUT2D eigenvalue weighted by molar-refractivity contribution is -0.921. The summed E-state index contributed by atoms with van der Waals surface area (Å²) in [4.78, 5) is 0. The zero-order valence-corrected chi connectivity index (χ0v) is 23.2. The predicted octanol–water partition coefficient (Wildman–Crippen LogP) is 7.55. The number of terminal acetylenes is 3. The highest BCUT2D eigenvalue weighted by Crippen LogP contribution is 2.21. The Kier molecular flexibility index (Phi) is 15.4. The van der Waals surface area contributed by atoms with Crippen molar-refractivity contribution in [3.05, 3.63) is 35.4 Å². The first-order valence-electron chi connectivity index (χ1n) is 13.3. The lowest BCUT2D eigenvalue weighted by atomic mass is 10.1. The number of benzene rings is 1. The molecule has 1 rings (SSSR count). The average Bonchev–Trinajstić information content (AvgIpc) is 2.80. The fourth-order valence-electron chi connectivity index (χ4n) is 4.43. The molecule has 0 aliphatic rings. The van der Waals surface area contributed by atoms with E-state index in [2.05, 4.69) is 62.0 Å². The number of unbranched alkanes of at least 4 members (excludes halogenated alkanes) is 9. The normalized spacial score (nSPS) is 11.5. The second kappa shape index (κ2) is 17.5. The SMILES string of the molecule is C#CC[N+](CC#C)(CC#C)Cc1ccc(CO[Si](C)(C)CCCCCCCCCCCC)cc1.